The Labute approximate surface area is 147 Å². The van der Waals surface area contributed by atoms with Gasteiger partial charge in [0.05, 0.1) is 18.4 Å². The number of rotatable bonds is 6. The molecule has 1 atom stereocenters. The van der Waals surface area contributed by atoms with Crippen molar-refractivity contribution in [2.75, 3.05) is 11.9 Å². The third kappa shape index (κ3) is 4.24. The number of Topliss-reactive ketones (excluding diaryl/α,β-unsaturated/α-hetero) is 1. The average molecular weight is 336 g/mol. The van der Waals surface area contributed by atoms with Gasteiger partial charge in [0.1, 0.15) is 5.75 Å². The van der Waals surface area contributed by atoms with Gasteiger partial charge in [-0.2, -0.15) is 5.26 Å². The molecule has 0 saturated carbocycles. The molecule has 2 aromatic carbocycles. The Morgan fingerprint density at radius 2 is 1.88 bits per heavy atom. The fourth-order valence-corrected chi connectivity index (χ4v) is 2.35. The molecule has 0 aliphatic rings. The largest absolute Gasteiger partial charge is 0.492 e. The molecule has 0 bridgehead atoms. The number of ether oxygens (including phenoxy) is 1. The highest BCUT2D eigenvalue weighted by Gasteiger charge is 2.28. The standard InChI is InChI=1S/C20H20N2O3/c1-4-25-18-8-6-5-7-17(18)22-20(24)16(12-21)19(23)15-10-9-13(2)14(3)11-15/h5-11,16H,4H2,1-3H3,(H,22,24)/t16-/m1/s1. The Balaban J connectivity index is 2.23. The fraction of sp³-hybridized carbons (Fsp3) is 0.250. The van der Waals surface area contributed by atoms with Crippen molar-refractivity contribution in [3.05, 3.63) is 59.2 Å². The summed E-state index contributed by atoms with van der Waals surface area (Å²) in [7, 11) is 0. The van der Waals surface area contributed by atoms with Gasteiger partial charge >= 0.3 is 0 Å². The van der Waals surface area contributed by atoms with Crippen molar-refractivity contribution in [3.8, 4) is 11.8 Å². The second-order valence-corrected chi connectivity index (χ2v) is 5.64. The summed E-state index contributed by atoms with van der Waals surface area (Å²) in [6, 6.07) is 13.8. The molecule has 2 rings (SSSR count). The van der Waals surface area contributed by atoms with Crippen LogP contribution in [-0.2, 0) is 4.79 Å². The molecule has 5 heteroatoms. The van der Waals surface area contributed by atoms with Crippen molar-refractivity contribution in [2.45, 2.75) is 20.8 Å². The summed E-state index contributed by atoms with van der Waals surface area (Å²) in [4.78, 5) is 25.0. The normalized spacial score (nSPS) is 11.3. The van der Waals surface area contributed by atoms with Crippen LogP contribution in [0, 0.1) is 31.1 Å². The quantitative estimate of drug-likeness (QED) is 0.645. The Hall–Kier alpha value is -3.13. The van der Waals surface area contributed by atoms with Crippen LogP contribution < -0.4 is 10.1 Å². The van der Waals surface area contributed by atoms with Crippen LogP contribution >= 0.6 is 0 Å². The van der Waals surface area contributed by atoms with E-state index in [-0.39, 0.29) is 0 Å². The molecule has 0 aliphatic carbocycles. The van der Waals surface area contributed by atoms with Crippen LogP contribution in [0.5, 0.6) is 5.75 Å². The second-order valence-electron chi connectivity index (χ2n) is 5.64. The zero-order chi connectivity index (χ0) is 18.4. The molecule has 1 N–H and O–H groups in total. The van der Waals surface area contributed by atoms with Crippen molar-refractivity contribution >= 4 is 17.4 Å². The molecule has 0 unspecified atom stereocenters. The summed E-state index contributed by atoms with van der Waals surface area (Å²) in [6.07, 6.45) is 0. The number of aryl methyl sites for hydroxylation is 2. The summed E-state index contributed by atoms with van der Waals surface area (Å²) in [5, 5.41) is 12.0. The van der Waals surface area contributed by atoms with Gasteiger partial charge in [-0.25, -0.2) is 0 Å². The van der Waals surface area contributed by atoms with Gasteiger partial charge in [-0.1, -0.05) is 24.3 Å². The maximum Gasteiger partial charge on any atom is 0.249 e. The van der Waals surface area contributed by atoms with E-state index in [1.165, 1.54) is 0 Å². The molecule has 5 nitrogen and oxygen atoms in total. The maximum absolute atomic E-state index is 12.6. The minimum absolute atomic E-state index is 0.350. The summed E-state index contributed by atoms with van der Waals surface area (Å²) in [5.41, 5.74) is 2.76. The molecule has 128 valence electrons. The molecule has 2 aromatic rings. The number of nitrogens with zero attached hydrogens (tertiary/aromatic N) is 1. The molecule has 0 radical (unpaired) electrons. The zero-order valence-corrected chi connectivity index (χ0v) is 14.5. The van der Waals surface area contributed by atoms with Gasteiger partial charge in [0.2, 0.25) is 5.91 Å². The summed E-state index contributed by atoms with van der Waals surface area (Å²) >= 11 is 0. The lowest BCUT2D eigenvalue weighted by atomic mass is 9.95. The summed E-state index contributed by atoms with van der Waals surface area (Å²) < 4.78 is 5.44. The molecule has 1 amide bonds. The molecule has 0 spiro atoms. The molecular weight excluding hydrogens is 316 g/mol. The van der Waals surface area contributed by atoms with Crippen molar-refractivity contribution in [2.24, 2.45) is 5.92 Å². The van der Waals surface area contributed by atoms with E-state index in [1.807, 2.05) is 20.8 Å². The van der Waals surface area contributed by atoms with E-state index in [0.717, 1.165) is 11.1 Å². The van der Waals surface area contributed by atoms with E-state index in [4.69, 9.17) is 4.74 Å². The fourth-order valence-electron chi connectivity index (χ4n) is 2.35. The molecule has 0 heterocycles. The Morgan fingerprint density at radius 3 is 2.52 bits per heavy atom. The van der Waals surface area contributed by atoms with Gasteiger partial charge < -0.3 is 10.1 Å². The maximum atomic E-state index is 12.6. The molecule has 0 saturated heterocycles. The van der Waals surface area contributed by atoms with Crippen LogP contribution in [0.2, 0.25) is 0 Å². The molecule has 0 aromatic heterocycles. The van der Waals surface area contributed by atoms with E-state index in [2.05, 4.69) is 5.32 Å². The minimum Gasteiger partial charge on any atom is -0.492 e. The monoisotopic (exact) mass is 336 g/mol. The van der Waals surface area contributed by atoms with Crippen molar-refractivity contribution in [1.82, 2.24) is 0 Å². The van der Waals surface area contributed by atoms with E-state index in [0.29, 0.717) is 23.6 Å². The minimum atomic E-state index is -1.42. The SMILES string of the molecule is CCOc1ccccc1NC(=O)[C@H](C#N)C(=O)c1ccc(C)c(C)c1. The first kappa shape index (κ1) is 18.2. The van der Waals surface area contributed by atoms with Crippen LogP contribution in [0.25, 0.3) is 0 Å². The number of ketones is 1. The van der Waals surface area contributed by atoms with E-state index in [1.54, 1.807) is 48.5 Å². The van der Waals surface area contributed by atoms with Crippen molar-refractivity contribution in [3.63, 3.8) is 0 Å². The number of amides is 1. The van der Waals surface area contributed by atoms with Crippen LogP contribution in [0.3, 0.4) is 0 Å². The first-order chi connectivity index (χ1) is 12.0. The zero-order valence-electron chi connectivity index (χ0n) is 14.5. The molecule has 0 aliphatic heterocycles. The number of nitriles is 1. The number of nitrogens with one attached hydrogen (secondary N) is 1. The predicted molar refractivity (Wildman–Crippen MR) is 95.6 cm³/mol. The lowest BCUT2D eigenvalue weighted by Crippen LogP contribution is -2.29. The Morgan fingerprint density at radius 1 is 1.16 bits per heavy atom. The molecule has 25 heavy (non-hydrogen) atoms. The van der Waals surface area contributed by atoms with E-state index in [9.17, 15) is 14.9 Å². The number of carbonyl (C=O) groups excluding carboxylic acids is 2. The van der Waals surface area contributed by atoms with Gasteiger partial charge in [-0.15, -0.1) is 0 Å². The van der Waals surface area contributed by atoms with Crippen LogP contribution in [0.15, 0.2) is 42.5 Å². The van der Waals surface area contributed by atoms with Crippen molar-refractivity contribution < 1.29 is 14.3 Å². The average Bonchev–Trinajstić information content (AvgIpc) is 2.60. The summed E-state index contributed by atoms with van der Waals surface area (Å²) in [6.45, 7) is 6.09. The number of hydrogen-bond acceptors (Lipinski definition) is 4. The van der Waals surface area contributed by atoms with Crippen molar-refractivity contribution in [1.29, 1.82) is 5.26 Å². The van der Waals surface area contributed by atoms with E-state index >= 15 is 0 Å². The number of para-hydroxylation sites is 2. The van der Waals surface area contributed by atoms with Crippen LogP contribution in [-0.4, -0.2) is 18.3 Å². The van der Waals surface area contributed by atoms with Crippen LogP contribution in [0.1, 0.15) is 28.4 Å². The summed E-state index contributed by atoms with van der Waals surface area (Å²) in [5.74, 6) is -2.11. The highest BCUT2D eigenvalue weighted by molar-refractivity contribution is 6.15. The topological polar surface area (TPSA) is 79.2 Å². The first-order valence-electron chi connectivity index (χ1n) is 8.01. The number of hydrogen-bond donors (Lipinski definition) is 1. The molecular formula is C20H20N2O3. The van der Waals surface area contributed by atoms with Gasteiger partial charge in [-0.3, -0.25) is 9.59 Å². The third-order valence-electron chi connectivity index (χ3n) is 3.89. The predicted octanol–water partition coefficient (Wildman–Crippen LogP) is 3.66. The van der Waals surface area contributed by atoms with E-state index < -0.39 is 17.6 Å². The second kappa shape index (κ2) is 8.11. The Kier molecular flexibility index (Phi) is 5.91. The smallest absolute Gasteiger partial charge is 0.249 e. The third-order valence-corrected chi connectivity index (χ3v) is 3.89. The number of anilines is 1. The lowest BCUT2D eigenvalue weighted by Gasteiger charge is -2.13. The number of benzene rings is 2. The number of carbonyl (C=O) groups is 2. The van der Waals surface area contributed by atoms with Gasteiger partial charge in [0.25, 0.3) is 0 Å². The van der Waals surface area contributed by atoms with Crippen LogP contribution in [0.4, 0.5) is 5.69 Å². The lowest BCUT2D eigenvalue weighted by molar-refractivity contribution is -0.117. The Bertz CT molecular complexity index is 837. The van der Waals surface area contributed by atoms with Gasteiger partial charge in [-0.05, 0) is 50.1 Å². The first-order valence-corrected chi connectivity index (χ1v) is 8.01. The highest BCUT2D eigenvalue weighted by atomic mass is 16.5. The van der Waals surface area contributed by atoms with Gasteiger partial charge in [0.15, 0.2) is 11.7 Å². The molecule has 0 fully saturated rings. The van der Waals surface area contributed by atoms with Gasteiger partial charge in [0, 0.05) is 5.56 Å². The highest BCUT2D eigenvalue weighted by Crippen LogP contribution is 2.24.